The lowest BCUT2D eigenvalue weighted by atomic mass is 10.3. The summed E-state index contributed by atoms with van der Waals surface area (Å²) in [5, 5.41) is 3.71. The summed E-state index contributed by atoms with van der Waals surface area (Å²) in [7, 11) is 0. The van der Waals surface area contributed by atoms with Crippen LogP contribution in [0.15, 0.2) is 6.07 Å². The fourth-order valence-electron chi connectivity index (χ4n) is 1.20. The summed E-state index contributed by atoms with van der Waals surface area (Å²) in [6, 6.07) is 1.64. The number of benzene rings is 1. The maximum atomic E-state index is 11.6. The van der Waals surface area contributed by atoms with Crippen LogP contribution in [0.2, 0.25) is 20.1 Å². The maximum Gasteiger partial charge on any atom is 0.183 e. The number of rotatable bonds is 6. The maximum absolute atomic E-state index is 11.6. The molecule has 0 bridgehead atoms. The second-order valence-corrected chi connectivity index (χ2v) is 5.73. The van der Waals surface area contributed by atoms with Crippen molar-refractivity contribution in [2.24, 2.45) is 0 Å². The van der Waals surface area contributed by atoms with Crippen LogP contribution in [0.3, 0.4) is 0 Å². The highest BCUT2D eigenvalue weighted by atomic mass is 35.5. The van der Waals surface area contributed by atoms with Gasteiger partial charge in [0.05, 0.1) is 16.6 Å². The van der Waals surface area contributed by atoms with Gasteiger partial charge < -0.3 is 10.1 Å². The highest BCUT2D eigenvalue weighted by Crippen LogP contribution is 2.42. The zero-order valence-electron chi connectivity index (χ0n) is 10.4. The molecular formula is C12H13Cl4NO2. The standard InChI is InChI=1S/C12H13Cl4NO2/c1-6(2)17-4-7(18)5-19-12-10(15)8(13)3-9(14)11(12)16/h3,6,17H,4-5H2,1-2H3. The number of ether oxygens (including phenoxy) is 1. The van der Waals surface area contributed by atoms with Crippen molar-refractivity contribution in [2.45, 2.75) is 19.9 Å². The Balaban J connectivity index is 2.70. The molecule has 0 aliphatic heterocycles. The third kappa shape index (κ3) is 5.01. The Morgan fingerprint density at radius 3 is 2.21 bits per heavy atom. The smallest absolute Gasteiger partial charge is 0.183 e. The van der Waals surface area contributed by atoms with Gasteiger partial charge in [-0.15, -0.1) is 0 Å². The van der Waals surface area contributed by atoms with Crippen molar-refractivity contribution in [1.82, 2.24) is 5.32 Å². The van der Waals surface area contributed by atoms with Gasteiger partial charge in [-0.25, -0.2) is 0 Å². The van der Waals surface area contributed by atoms with Crippen LogP contribution in [0.5, 0.6) is 5.75 Å². The summed E-state index contributed by atoms with van der Waals surface area (Å²) >= 11 is 23.6. The number of carbonyl (C=O) groups excluding carboxylic acids is 1. The van der Waals surface area contributed by atoms with E-state index in [0.29, 0.717) is 0 Å². The van der Waals surface area contributed by atoms with Crippen LogP contribution in [0.25, 0.3) is 0 Å². The molecule has 106 valence electrons. The van der Waals surface area contributed by atoms with Gasteiger partial charge in [0.15, 0.2) is 11.5 Å². The van der Waals surface area contributed by atoms with Crippen LogP contribution in [-0.2, 0) is 4.79 Å². The van der Waals surface area contributed by atoms with E-state index in [0.717, 1.165) is 0 Å². The van der Waals surface area contributed by atoms with E-state index < -0.39 is 0 Å². The molecule has 1 aromatic rings. The first kappa shape index (κ1) is 16.9. The predicted octanol–water partition coefficient (Wildman–Crippen LogP) is 4.25. The minimum Gasteiger partial charge on any atom is -0.483 e. The first-order chi connectivity index (χ1) is 8.82. The van der Waals surface area contributed by atoms with Gasteiger partial charge in [0.2, 0.25) is 0 Å². The molecule has 0 unspecified atom stereocenters. The van der Waals surface area contributed by atoms with E-state index >= 15 is 0 Å². The number of Topliss-reactive ketones (excluding diaryl/α,β-unsaturated/α-hetero) is 1. The van der Waals surface area contributed by atoms with E-state index in [9.17, 15) is 4.79 Å². The van der Waals surface area contributed by atoms with Crippen LogP contribution in [0, 0.1) is 0 Å². The largest absolute Gasteiger partial charge is 0.483 e. The zero-order valence-corrected chi connectivity index (χ0v) is 13.4. The topological polar surface area (TPSA) is 38.3 Å². The third-order valence-electron chi connectivity index (χ3n) is 2.16. The summed E-state index contributed by atoms with van der Waals surface area (Å²) in [4.78, 5) is 11.6. The molecule has 0 aromatic heterocycles. The van der Waals surface area contributed by atoms with Crippen molar-refractivity contribution < 1.29 is 9.53 Å². The molecular weight excluding hydrogens is 332 g/mol. The van der Waals surface area contributed by atoms with Crippen LogP contribution < -0.4 is 10.1 Å². The second-order valence-electron chi connectivity index (χ2n) is 4.16. The van der Waals surface area contributed by atoms with Gasteiger partial charge in [-0.3, -0.25) is 4.79 Å². The summed E-state index contributed by atoms with van der Waals surface area (Å²) in [5.41, 5.74) is 0. The molecule has 1 N–H and O–H groups in total. The van der Waals surface area contributed by atoms with Crippen molar-refractivity contribution >= 4 is 52.2 Å². The molecule has 0 aliphatic carbocycles. The number of hydrogen-bond donors (Lipinski definition) is 1. The van der Waals surface area contributed by atoms with Crippen LogP contribution in [0.1, 0.15) is 13.8 Å². The predicted molar refractivity (Wildman–Crippen MR) is 80.1 cm³/mol. The zero-order chi connectivity index (χ0) is 14.6. The minimum absolute atomic E-state index is 0.124. The number of carbonyl (C=O) groups is 1. The van der Waals surface area contributed by atoms with E-state index in [-0.39, 0.29) is 50.8 Å². The second kappa shape index (κ2) is 7.55. The van der Waals surface area contributed by atoms with Crippen LogP contribution >= 0.6 is 46.4 Å². The molecule has 0 fully saturated rings. The lowest BCUT2D eigenvalue weighted by Crippen LogP contribution is -2.31. The number of hydrogen-bond acceptors (Lipinski definition) is 3. The molecule has 0 saturated carbocycles. The van der Waals surface area contributed by atoms with E-state index in [4.69, 9.17) is 51.1 Å². The molecule has 0 aliphatic rings. The lowest BCUT2D eigenvalue weighted by molar-refractivity contribution is -0.120. The van der Waals surface area contributed by atoms with Gasteiger partial charge in [-0.1, -0.05) is 60.3 Å². The summed E-state index contributed by atoms with van der Waals surface area (Å²) in [6.07, 6.45) is 0. The molecule has 19 heavy (non-hydrogen) atoms. The Kier molecular flexibility index (Phi) is 6.71. The molecule has 0 radical (unpaired) electrons. The molecule has 0 amide bonds. The SMILES string of the molecule is CC(C)NCC(=O)COc1c(Cl)c(Cl)cc(Cl)c1Cl. The number of ketones is 1. The van der Waals surface area contributed by atoms with E-state index in [1.165, 1.54) is 6.07 Å². The van der Waals surface area contributed by atoms with Crippen molar-refractivity contribution in [3.05, 3.63) is 26.2 Å². The molecule has 0 spiro atoms. The molecule has 0 saturated heterocycles. The van der Waals surface area contributed by atoms with E-state index in [1.807, 2.05) is 13.8 Å². The highest BCUT2D eigenvalue weighted by molar-refractivity contribution is 6.48. The molecule has 3 nitrogen and oxygen atoms in total. The fraction of sp³-hybridized carbons (Fsp3) is 0.417. The fourth-order valence-corrected chi connectivity index (χ4v) is 2.10. The molecule has 7 heteroatoms. The van der Waals surface area contributed by atoms with Gasteiger partial charge in [-0.05, 0) is 6.07 Å². The Hall–Kier alpha value is -0.190. The van der Waals surface area contributed by atoms with Crippen molar-refractivity contribution in [2.75, 3.05) is 13.2 Å². The van der Waals surface area contributed by atoms with Crippen molar-refractivity contribution in [1.29, 1.82) is 0 Å². The van der Waals surface area contributed by atoms with E-state index in [2.05, 4.69) is 5.32 Å². The summed E-state index contributed by atoms with van der Waals surface area (Å²) < 4.78 is 5.30. The van der Waals surface area contributed by atoms with Crippen molar-refractivity contribution in [3.63, 3.8) is 0 Å². The molecule has 0 atom stereocenters. The quantitative estimate of drug-likeness (QED) is 0.784. The Morgan fingerprint density at radius 1 is 1.21 bits per heavy atom. The Labute approximate surface area is 132 Å². The average Bonchev–Trinajstić information content (AvgIpc) is 2.34. The van der Waals surface area contributed by atoms with Crippen molar-refractivity contribution in [3.8, 4) is 5.75 Å². The average molecular weight is 345 g/mol. The number of halogens is 4. The highest BCUT2D eigenvalue weighted by Gasteiger charge is 2.16. The molecule has 1 aromatic carbocycles. The summed E-state index contributed by atoms with van der Waals surface area (Å²) in [6.45, 7) is 3.94. The first-order valence-corrected chi connectivity index (χ1v) is 7.05. The van der Waals surface area contributed by atoms with Gasteiger partial charge in [-0.2, -0.15) is 0 Å². The number of nitrogens with one attached hydrogen (secondary N) is 1. The van der Waals surface area contributed by atoms with Gasteiger partial charge in [0.1, 0.15) is 16.7 Å². The third-order valence-corrected chi connectivity index (χ3v) is 3.70. The van der Waals surface area contributed by atoms with Crippen LogP contribution in [0.4, 0.5) is 0 Å². The first-order valence-electron chi connectivity index (χ1n) is 5.53. The lowest BCUT2D eigenvalue weighted by Gasteiger charge is -2.12. The van der Waals surface area contributed by atoms with Gasteiger partial charge >= 0.3 is 0 Å². The Morgan fingerprint density at radius 2 is 1.74 bits per heavy atom. The van der Waals surface area contributed by atoms with Gasteiger partial charge in [0, 0.05) is 6.04 Å². The Bertz CT molecular complexity index is 451. The van der Waals surface area contributed by atoms with E-state index in [1.54, 1.807) is 0 Å². The molecule has 1 rings (SSSR count). The minimum atomic E-state index is -0.157. The van der Waals surface area contributed by atoms with Gasteiger partial charge in [0.25, 0.3) is 0 Å². The monoisotopic (exact) mass is 343 g/mol. The van der Waals surface area contributed by atoms with Crippen LogP contribution in [-0.4, -0.2) is 25.0 Å². The normalized spacial score (nSPS) is 10.9. The summed E-state index contributed by atoms with van der Waals surface area (Å²) in [5.74, 6) is -0.00402. The molecule has 0 heterocycles.